The van der Waals surface area contributed by atoms with Gasteiger partial charge in [0.25, 0.3) is 0 Å². The van der Waals surface area contributed by atoms with Crippen molar-refractivity contribution >= 4 is 0 Å². The predicted octanol–water partition coefficient (Wildman–Crippen LogP) is 4.59. The van der Waals surface area contributed by atoms with Crippen LogP contribution in [0.2, 0.25) is 0 Å². The van der Waals surface area contributed by atoms with Crippen molar-refractivity contribution in [3.63, 3.8) is 0 Å². The van der Waals surface area contributed by atoms with Crippen molar-refractivity contribution in [1.82, 2.24) is 0 Å². The number of aliphatic hydroxyl groups is 2. The lowest BCUT2D eigenvalue weighted by molar-refractivity contribution is -0.926. The molecule has 2 rings (SSSR count). The maximum Gasteiger partial charge on any atom is 0.137 e. The number of hydrogen-bond acceptors (Lipinski definition) is 4. The van der Waals surface area contributed by atoms with Crippen molar-refractivity contribution < 1.29 is 28.7 Å². The van der Waals surface area contributed by atoms with Crippen molar-refractivity contribution in [3.8, 4) is 22.6 Å². The quantitative estimate of drug-likeness (QED) is 0.311. The molecule has 0 bridgehead atoms. The number of hydrogen-bond donors (Lipinski definition) is 2. The molecular weight excluding hydrogens is 452 g/mol. The Hall–Kier alpha value is -2.12. The molecule has 2 N–H and O–H groups in total. The minimum atomic E-state index is -0.489. The predicted molar refractivity (Wildman–Crippen MR) is 148 cm³/mol. The van der Waals surface area contributed by atoms with Gasteiger partial charge in [0.15, 0.2) is 0 Å². The van der Waals surface area contributed by atoms with E-state index >= 15 is 0 Å². The molecule has 0 aliphatic heterocycles. The first-order chi connectivity index (χ1) is 17.3. The van der Waals surface area contributed by atoms with Gasteiger partial charge in [0, 0.05) is 0 Å². The first kappa shape index (κ1) is 30.1. The molecule has 0 aliphatic carbocycles. The molecule has 2 aromatic rings. The van der Waals surface area contributed by atoms with Gasteiger partial charge >= 0.3 is 0 Å². The fraction of sp³-hybridized carbons (Fsp3) is 0.600. The van der Waals surface area contributed by atoms with Crippen LogP contribution in [0.15, 0.2) is 48.5 Å². The molecule has 6 nitrogen and oxygen atoms in total. The summed E-state index contributed by atoms with van der Waals surface area (Å²) >= 11 is 0. The van der Waals surface area contributed by atoms with E-state index in [1.807, 2.05) is 48.5 Å². The Morgan fingerprint density at radius 2 is 0.806 bits per heavy atom. The monoisotopic (exact) mass is 502 g/mol. The molecule has 202 valence electrons. The molecule has 6 heteroatoms. The highest BCUT2D eigenvalue weighted by Gasteiger charge is 2.26. The van der Waals surface area contributed by atoms with Gasteiger partial charge in [-0.05, 0) is 76.9 Å². The molecular formula is C30H50N2O4+2. The Morgan fingerprint density at radius 1 is 0.528 bits per heavy atom. The summed E-state index contributed by atoms with van der Waals surface area (Å²) in [6, 6.07) is 15.9. The van der Waals surface area contributed by atoms with Gasteiger partial charge in [-0.25, -0.2) is 0 Å². The Bertz CT molecular complexity index is 771. The zero-order valence-electron chi connectivity index (χ0n) is 23.4. The zero-order chi connectivity index (χ0) is 26.6. The number of nitrogens with zero attached hydrogens (tertiary/aromatic N) is 2. The average Bonchev–Trinajstić information content (AvgIpc) is 2.93. The molecule has 0 aliphatic rings. The van der Waals surface area contributed by atoms with Gasteiger partial charge in [-0.15, -0.1) is 0 Å². The molecule has 0 aromatic heterocycles. The Labute approximate surface area is 219 Å². The molecule has 0 spiro atoms. The van der Waals surface area contributed by atoms with E-state index in [-0.39, 0.29) is 0 Å². The lowest BCUT2D eigenvalue weighted by atomic mass is 10.1. The molecule has 36 heavy (non-hydrogen) atoms. The van der Waals surface area contributed by atoms with Crippen LogP contribution in [0, 0.1) is 0 Å². The van der Waals surface area contributed by atoms with E-state index in [1.165, 1.54) is 0 Å². The third-order valence-electron chi connectivity index (χ3n) is 8.15. The van der Waals surface area contributed by atoms with Crippen LogP contribution in [0.4, 0.5) is 0 Å². The van der Waals surface area contributed by atoms with Crippen LogP contribution in [-0.4, -0.2) is 97.0 Å². The van der Waals surface area contributed by atoms with Crippen LogP contribution in [0.3, 0.4) is 0 Å². The number of likely N-dealkylation sites (N-methyl/N-ethyl adjacent to an activating group) is 2. The Morgan fingerprint density at radius 3 is 1.06 bits per heavy atom. The van der Waals surface area contributed by atoms with E-state index in [0.29, 0.717) is 26.3 Å². The van der Waals surface area contributed by atoms with Crippen molar-refractivity contribution in [2.24, 2.45) is 0 Å². The van der Waals surface area contributed by atoms with Crippen molar-refractivity contribution in [2.45, 2.75) is 53.8 Å². The fourth-order valence-electron chi connectivity index (χ4n) is 4.99. The van der Waals surface area contributed by atoms with E-state index in [0.717, 1.165) is 70.9 Å². The number of benzene rings is 2. The second-order valence-electron chi connectivity index (χ2n) is 9.92. The smallest absolute Gasteiger partial charge is 0.137 e. The van der Waals surface area contributed by atoms with Crippen LogP contribution in [-0.2, 0) is 0 Å². The highest BCUT2D eigenvalue weighted by atomic mass is 16.5. The minimum Gasteiger partial charge on any atom is -0.491 e. The topological polar surface area (TPSA) is 58.9 Å². The van der Waals surface area contributed by atoms with Gasteiger partial charge < -0.3 is 28.7 Å². The lowest BCUT2D eigenvalue weighted by Gasteiger charge is -2.37. The molecule has 2 atom stereocenters. The lowest BCUT2D eigenvalue weighted by Crippen LogP contribution is -2.52. The molecule has 0 radical (unpaired) electrons. The molecule has 2 unspecified atom stereocenters. The van der Waals surface area contributed by atoms with E-state index < -0.39 is 12.2 Å². The number of rotatable bonds is 17. The van der Waals surface area contributed by atoms with Crippen LogP contribution < -0.4 is 9.47 Å². The van der Waals surface area contributed by atoms with Gasteiger partial charge in [-0.3, -0.25) is 0 Å². The second-order valence-corrected chi connectivity index (χ2v) is 9.92. The largest absolute Gasteiger partial charge is 0.491 e. The van der Waals surface area contributed by atoms with E-state index in [9.17, 15) is 10.2 Å². The van der Waals surface area contributed by atoms with Crippen LogP contribution in [0.25, 0.3) is 11.1 Å². The molecule has 0 saturated heterocycles. The Kier molecular flexibility index (Phi) is 12.2. The summed E-state index contributed by atoms with van der Waals surface area (Å²) in [6.45, 7) is 21.2. The summed E-state index contributed by atoms with van der Waals surface area (Å²) in [5, 5.41) is 21.0. The van der Waals surface area contributed by atoms with Crippen LogP contribution in [0.5, 0.6) is 11.5 Å². The number of quaternary nitrogens is 2. The second kappa shape index (κ2) is 14.6. The minimum absolute atomic E-state index is 0.298. The van der Waals surface area contributed by atoms with Crippen LogP contribution >= 0.6 is 0 Å². The summed E-state index contributed by atoms with van der Waals surface area (Å²) < 4.78 is 13.5. The average molecular weight is 503 g/mol. The van der Waals surface area contributed by atoms with Crippen molar-refractivity contribution in [2.75, 3.05) is 65.6 Å². The highest BCUT2D eigenvalue weighted by Crippen LogP contribution is 2.25. The zero-order valence-corrected chi connectivity index (χ0v) is 23.4. The maximum absolute atomic E-state index is 10.5. The van der Waals surface area contributed by atoms with Gasteiger partial charge in [0.2, 0.25) is 0 Å². The van der Waals surface area contributed by atoms with E-state index in [2.05, 4.69) is 41.5 Å². The maximum atomic E-state index is 10.5. The van der Waals surface area contributed by atoms with Gasteiger partial charge in [-0.1, -0.05) is 24.3 Å². The molecule has 0 heterocycles. The van der Waals surface area contributed by atoms with E-state index in [4.69, 9.17) is 9.47 Å². The summed E-state index contributed by atoms with van der Waals surface area (Å²) in [5.74, 6) is 1.52. The summed E-state index contributed by atoms with van der Waals surface area (Å²) in [6.07, 6.45) is -0.978. The van der Waals surface area contributed by atoms with Gasteiger partial charge in [0.1, 0.15) is 50.0 Å². The highest BCUT2D eigenvalue weighted by molar-refractivity contribution is 5.64. The normalized spacial score (nSPS) is 13.9. The van der Waals surface area contributed by atoms with Gasteiger partial charge in [0.05, 0.1) is 39.3 Å². The summed E-state index contributed by atoms with van der Waals surface area (Å²) in [4.78, 5) is 0. The summed E-state index contributed by atoms with van der Waals surface area (Å²) in [7, 11) is 0. The van der Waals surface area contributed by atoms with Crippen molar-refractivity contribution in [3.05, 3.63) is 48.5 Å². The molecule has 2 aromatic carbocycles. The standard InChI is InChI=1S/C30H50N2O4/c1-7-31(8-2,9-3)21-27(33)23-35-29-17-13-25(14-18-29)26-15-19-30(20-16-26)36-24-28(34)22-32(10-4,11-5)12-6/h13-20,27-28,33-34H,7-12,21-24H2,1-6H3/q+2. The van der Waals surface area contributed by atoms with Gasteiger partial charge in [-0.2, -0.15) is 0 Å². The number of ether oxygens (including phenoxy) is 2. The first-order valence-electron chi connectivity index (χ1n) is 13.8. The third kappa shape index (κ3) is 8.48. The van der Waals surface area contributed by atoms with E-state index in [1.54, 1.807) is 0 Å². The molecule has 0 amide bonds. The molecule has 0 fully saturated rings. The number of aliphatic hydroxyl groups excluding tert-OH is 2. The van der Waals surface area contributed by atoms with Crippen molar-refractivity contribution in [1.29, 1.82) is 0 Å². The Balaban J connectivity index is 1.87. The third-order valence-corrected chi connectivity index (χ3v) is 8.15. The summed E-state index contributed by atoms with van der Waals surface area (Å²) in [5.41, 5.74) is 2.17. The molecule has 0 saturated carbocycles. The fourth-order valence-corrected chi connectivity index (χ4v) is 4.99. The SMILES string of the molecule is CC[N+](CC)(CC)CC(O)COc1ccc(-c2ccc(OCC(O)C[N+](CC)(CC)CC)cc2)cc1. The van der Waals surface area contributed by atoms with Crippen LogP contribution in [0.1, 0.15) is 41.5 Å². The first-order valence-corrected chi connectivity index (χ1v) is 13.8.